The van der Waals surface area contributed by atoms with Crippen LogP contribution in [0.3, 0.4) is 0 Å². The molecule has 0 aliphatic rings. The molecule has 4 N–H and O–H groups in total. The molecule has 3 aromatic rings. The molecule has 0 spiro atoms. The molecule has 0 unspecified atom stereocenters. The molecule has 0 aliphatic heterocycles. The van der Waals surface area contributed by atoms with E-state index in [4.69, 9.17) is 10.5 Å². The summed E-state index contributed by atoms with van der Waals surface area (Å²) in [5.41, 5.74) is 9.42. The first-order chi connectivity index (χ1) is 13.9. The van der Waals surface area contributed by atoms with Crippen LogP contribution in [0.15, 0.2) is 54.7 Å². The van der Waals surface area contributed by atoms with Gasteiger partial charge in [-0.2, -0.15) is 0 Å². The number of fused-ring (bicyclic) bond motifs is 1. The molecule has 154 valence electrons. The van der Waals surface area contributed by atoms with Crippen LogP contribution in [0.4, 0.5) is 11.4 Å². The van der Waals surface area contributed by atoms with E-state index >= 15 is 0 Å². The van der Waals surface area contributed by atoms with Crippen LogP contribution >= 0.6 is 0 Å². The van der Waals surface area contributed by atoms with Crippen molar-refractivity contribution in [1.82, 2.24) is 9.71 Å². The van der Waals surface area contributed by atoms with E-state index in [9.17, 15) is 8.42 Å². The minimum absolute atomic E-state index is 0.426. The molecule has 0 fully saturated rings. The predicted octanol–water partition coefficient (Wildman–Crippen LogP) is 3.14. The molecule has 7 nitrogen and oxygen atoms in total. The number of unbranched alkanes of at least 4 members (excludes halogenated alkanes) is 1. The predicted molar refractivity (Wildman–Crippen MR) is 117 cm³/mol. The lowest BCUT2D eigenvalue weighted by molar-refractivity contribution is 0.306. The van der Waals surface area contributed by atoms with Crippen molar-refractivity contribution in [1.29, 1.82) is 0 Å². The summed E-state index contributed by atoms with van der Waals surface area (Å²) in [6, 6.07) is 15.8. The summed E-state index contributed by atoms with van der Waals surface area (Å²) in [5, 5.41) is 4.27. The summed E-state index contributed by atoms with van der Waals surface area (Å²) < 4.78 is 30.5. The minimum atomic E-state index is -3.14. The van der Waals surface area contributed by atoms with Gasteiger partial charge >= 0.3 is 0 Å². The van der Waals surface area contributed by atoms with Crippen LogP contribution < -0.4 is 20.5 Å². The van der Waals surface area contributed by atoms with Crippen LogP contribution in [0, 0.1) is 0 Å². The first kappa shape index (κ1) is 20.9. The Morgan fingerprint density at radius 1 is 1.07 bits per heavy atom. The minimum Gasteiger partial charge on any atom is -0.489 e. The number of nitrogens with two attached hydrogens (primary N) is 1. The van der Waals surface area contributed by atoms with E-state index in [1.165, 1.54) is 0 Å². The molecule has 0 atom stereocenters. The number of ether oxygens (including phenoxy) is 1. The lowest BCUT2D eigenvalue weighted by Gasteiger charge is -2.13. The Hall–Kier alpha value is -2.84. The molecule has 0 bridgehead atoms. The quantitative estimate of drug-likeness (QED) is 0.440. The summed E-state index contributed by atoms with van der Waals surface area (Å²) in [6.45, 7) is 1.60. The van der Waals surface area contributed by atoms with Crippen molar-refractivity contribution in [2.45, 2.75) is 19.4 Å². The molecular weight excluding hydrogens is 388 g/mol. The zero-order valence-electron chi connectivity index (χ0n) is 16.4. The van der Waals surface area contributed by atoms with Crippen molar-refractivity contribution >= 4 is 32.3 Å². The van der Waals surface area contributed by atoms with Crippen LogP contribution in [0.1, 0.15) is 18.4 Å². The van der Waals surface area contributed by atoms with E-state index in [-0.39, 0.29) is 0 Å². The number of hydrogen-bond acceptors (Lipinski definition) is 6. The average molecular weight is 415 g/mol. The number of hydrogen-bond donors (Lipinski definition) is 3. The molecule has 3 rings (SSSR count). The Morgan fingerprint density at radius 2 is 1.83 bits per heavy atom. The second kappa shape index (κ2) is 9.58. The maximum absolute atomic E-state index is 11.1. The van der Waals surface area contributed by atoms with Gasteiger partial charge in [-0.25, -0.2) is 13.1 Å². The Kier molecular flexibility index (Phi) is 6.90. The van der Waals surface area contributed by atoms with Gasteiger partial charge in [0, 0.05) is 24.5 Å². The number of nitrogens with one attached hydrogen (secondary N) is 2. The monoisotopic (exact) mass is 414 g/mol. The van der Waals surface area contributed by atoms with Gasteiger partial charge in [0.05, 0.1) is 29.3 Å². The van der Waals surface area contributed by atoms with E-state index in [2.05, 4.69) is 15.0 Å². The summed E-state index contributed by atoms with van der Waals surface area (Å²) in [6.07, 6.45) is 4.34. The van der Waals surface area contributed by atoms with Crippen LogP contribution in [0.5, 0.6) is 5.75 Å². The van der Waals surface area contributed by atoms with Gasteiger partial charge in [-0.3, -0.25) is 4.98 Å². The second-order valence-electron chi connectivity index (χ2n) is 6.84. The molecule has 1 aromatic heterocycles. The van der Waals surface area contributed by atoms with Gasteiger partial charge in [0.15, 0.2) is 0 Å². The molecule has 2 aromatic carbocycles. The fourth-order valence-electron chi connectivity index (χ4n) is 2.94. The van der Waals surface area contributed by atoms with Gasteiger partial charge in [-0.1, -0.05) is 30.3 Å². The van der Waals surface area contributed by atoms with Crippen molar-refractivity contribution in [2.75, 3.05) is 30.4 Å². The number of rotatable bonds is 10. The lowest BCUT2D eigenvalue weighted by atomic mass is 10.1. The first-order valence-corrected chi connectivity index (χ1v) is 11.3. The van der Waals surface area contributed by atoms with Crippen LogP contribution in [-0.4, -0.2) is 32.7 Å². The maximum atomic E-state index is 11.1. The van der Waals surface area contributed by atoms with Crippen LogP contribution in [0.25, 0.3) is 10.9 Å². The Bertz CT molecular complexity index is 1060. The molecular formula is C21H26N4O3S. The lowest BCUT2D eigenvalue weighted by Crippen LogP contribution is -2.23. The number of pyridine rings is 1. The fourth-order valence-corrected chi connectivity index (χ4v) is 3.45. The Balaban J connectivity index is 1.61. The highest BCUT2D eigenvalue weighted by Gasteiger charge is 2.08. The molecule has 0 saturated heterocycles. The molecule has 0 aliphatic carbocycles. The van der Waals surface area contributed by atoms with Crippen molar-refractivity contribution in [3.05, 3.63) is 60.3 Å². The SMILES string of the molecule is CS(=O)(=O)NCCCCNc1c(N)cnc2cc(OCc3ccccc3)ccc12. The molecule has 1 heterocycles. The first-order valence-electron chi connectivity index (χ1n) is 9.46. The van der Waals surface area contributed by atoms with Gasteiger partial charge in [-0.05, 0) is 30.5 Å². The van der Waals surface area contributed by atoms with Crippen molar-refractivity contribution < 1.29 is 13.2 Å². The van der Waals surface area contributed by atoms with E-state index in [1.807, 2.05) is 48.5 Å². The third kappa shape index (κ3) is 6.33. The summed E-state index contributed by atoms with van der Waals surface area (Å²) in [4.78, 5) is 4.42. The highest BCUT2D eigenvalue weighted by Crippen LogP contribution is 2.30. The second-order valence-corrected chi connectivity index (χ2v) is 8.68. The number of anilines is 2. The van der Waals surface area contributed by atoms with Gasteiger partial charge < -0.3 is 15.8 Å². The standard InChI is InChI=1S/C21H26N4O3S/c1-29(26,27)25-12-6-5-11-23-21-18-10-9-17(13-20(18)24-14-19(21)22)28-15-16-7-3-2-4-8-16/h2-4,7-10,13-14,25H,5-6,11-12,15,22H2,1H3,(H,23,24). The fraction of sp³-hybridized carbons (Fsp3) is 0.286. The molecule has 0 radical (unpaired) electrons. The molecule has 29 heavy (non-hydrogen) atoms. The number of nitrogen functional groups attached to an aromatic ring is 1. The zero-order valence-corrected chi connectivity index (χ0v) is 17.2. The topological polar surface area (TPSA) is 106 Å². The average Bonchev–Trinajstić information content (AvgIpc) is 2.70. The third-order valence-electron chi connectivity index (χ3n) is 4.39. The summed E-state index contributed by atoms with van der Waals surface area (Å²) >= 11 is 0. The van der Waals surface area contributed by atoms with Crippen molar-refractivity contribution in [3.8, 4) is 5.75 Å². The smallest absolute Gasteiger partial charge is 0.208 e. The third-order valence-corrected chi connectivity index (χ3v) is 5.12. The van der Waals surface area contributed by atoms with Crippen LogP contribution in [-0.2, 0) is 16.6 Å². The van der Waals surface area contributed by atoms with Gasteiger partial charge in [0.2, 0.25) is 10.0 Å². The molecule has 8 heteroatoms. The van der Waals surface area contributed by atoms with E-state index in [1.54, 1.807) is 6.20 Å². The maximum Gasteiger partial charge on any atom is 0.208 e. The largest absolute Gasteiger partial charge is 0.489 e. The van der Waals surface area contributed by atoms with E-state index < -0.39 is 10.0 Å². The Labute approximate surface area is 171 Å². The van der Waals surface area contributed by atoms with Gasteiger partial charge in [-0.15, -0.1) is 0 Å². The molecule has 0 saturated carbocycles. The number of sulfonamides is 1. The Morgan fingerprint density at radius 3 is 2.59 bits per heavy atom. The summed E-state index contributed by atoms with van der Waals surface area (Å²) in [5.74, 6) is 0.747. The number of aromatic nitrogens is 1. The highest BCUT2D eigenvalue weighted by molar-refractivity contribution is 7.88. The highest BCUT2D eigenvalue weighted by atomic mass is 32.2. The summed E-state index contributed by atoms with van der Waals surface area (Å²) in [7, 11) is -3.14. The van der Waals surface area contributed by atoms with Gasteiger partial charge in [0.25, 0.3) is 0 Å². The molecule has 0 amide bonds. The normalized spacial score (nSPS) is 11.5. The zero-order chi connectivity index (χ0) is 20.7. The number of benzene rings is 2. The number of nitrogens with zero attached hydrogens (tertiary/aromatic N) is 1. The van der Waals surface area contributed by atoms with Gasteiger partial charge in [0.1, 0.15) is 12.4 Å². The van der Waals surface area contributed by atoms with Crippen molar-refractivity contribution in [2.24, 2.45) is 0 Å². The van der Waals surface area contributed by atoms with Crippen LogP contribution in [0.2, 0.25) is 0 Å². The van der Waals surface area contributed by atoms with Crippen molar-refractivity contribution in [3.63, 3.8) is 0 Å². The van der Waals surface area contributed by atoms with E-state index in [0.717, 1.165) is 47.0 Å². The van der Waals surface area contributed by atoms with E-state index in [0.29, 0.717) is 25.4 Å².